The summed E-state index contributed by atoms with van der Waals surface area (Å²) in [5.74, 6) is 0.575. The molecule has 0 atom stereocenters. The van der Waals surface area contributed by atoms with Crippen LogP contribution in [0.15, 0.2) is 41.4 Å². The number of fused-ring (bicyclic) bond motifs is 1. The van der Waals surface area contributed by atoms with Crippen molar-refractivity contribution in [2.45, 2.75) is 38.2 Å². The number of rotatable bonds is 4. The molecule has 3 aromatic heterocycles. The molecule has 0 amide bonds. The van der Waals surface area contributed by atoms with Crippen LogP contribution in [0, 0.1) is 17.2 Å². The molecule has 6 nitrogen and oxygen atoms in total. The van der Waals surface area contributed by atoms with E-state index in [1.807, 2.05) is 6.20 Å². The maximum atomic E-state index is 9.36. The van der Waals surface area contributed by atoms with Gasteiger partial charge in [0.1, 0.15) is 12.2 Å². The number of pyridine rings is 1. The van der Waals surface area contributed by atoms with Crippen molar-refractivity contribution in [3.05, 3.63) is 52.5 Å². The van der Waals surface area contributed by atoms with Crippen molar-refractivity contribution >= 4 is 21.4 Å². The largest absolute Gasteiger partial charge is 0.460 e. The van der Waals surface area contributed by atoms with Crippen LogP contribution in [-0.2, 0) is 6.42 Å². The van der Waals surface area contributed by atoms with Crippen molar-refractivity contribution < 1.29 is 4.74 Å². The second-order valence-corrected chi connectivity index (χ2v) is 7.56. The van der Waals surface area contributed by atoms with Crippen LogP contribution in [0.5, 0.6) is 6.01 Å². The third-order valence-electron chi connectivity index (χ3n) is 4.89. The molecule has 0 saturated heterocycles. The molecule has 1 saturated carbocycles. The number of hydrogen-bond donors (Lipinski definition) is 0. The van der Waals surface area contributed by atoms with Gasteiger partial charge in [0.25, 0.3) is 0 Å². The number of nitriles is 1. The summed E-state index contributed by atoms with van der Waals surface area (Å²) in [5.41, 5.74) is 2.72. The summed E-state index contributed by atoms with van der Waals surface area (Å²) in [6.45, 7) is 0. The summed E-state index contributed by atoms with van der Waals surface area (Å²) in [7, 11) is 0. The summed E-state index contributed by atoms with van der Waals surface area (Å²) in [6, 6.07) is 6.61. The van der Waals surface area contributed by atoms with E-state index in [-0.39, 0.29) is 6.10 Å². The van der Waals surface area contributed by atoms with Crippen molar-refractivity contribution in [1.29, 1.82) is 5.26 Å². The summed E-state index contributed by atoms with van der Waals surface area (Å²) >= 11 is 3.55. The van der Waals surface area contributed by atoms with Gasteiger partial charge in [0.05, 0.1) is 17.3 Å². The molecular weight excluding hydrogens is 394 g/mol. The number of nitrogens with zero attached hydrogens (tertiary/aromatic N) is 5. The van der Waals surface area contributed by atoms with Crippen molar-refractivity contribution in [2.24, 2.45) is 5.92 Å². The Labute approximate surface area is 160 Å². The molecule has 0 bridgehead atoms. The van der Waals surface area contributed by atoms with E-state index in [1.165, 1.54) is 5.56 Å². The van der Waals surface area contributed by atoms with Gasteiger partial charge in [-0.3, -0.25) is 0 Å². The maximum absolute atomic E-state index is 9.36. The average molecular weight is 412 g/mol. The van der Waals surface area contributed by atoms with Crippen LogP contribution in [0.1, 0.15) is 36.8 Å². The molecule has 4 rings (SSSR count). The van der Waals surface area contributed by atoms with Crippen molar-refractivity contribution in [3.63, 3.8) is 0 Å². The first-order valence-electron chi connectivity index (χ1n) is 8.72. The van der Waals surface area contributed by atoms with Gasteiger partial charge in [-0.15, -0.1) is 0 Å². The zero-order chi connectivity index (χ0) is 17.9. The van der Waals surface area contributed by atoms with E-state index in [2.05, 4.69) is 43.1 Å². The monoisotopic (exact) mass is 411 g/mol. The van der Waals surface area contributed by atoms with Crippen LogP contribution >= 0.6 is 15.9 Å². The third kappa shape index (κ3) is 3.56. The number of hydrogen-bond acceptors (Lipinski definition) is 5. The molecule has 1 fully saturated rings. The SMILES string of the molecule is N#Cc1cnn2cc(Br)cc(CC3CCC(Oc4ncccn4)CC3)c12. The van der Waals surface area contributed by atoms with Gasteiger partial charge in [-0.25, -0.2) is 14.5 Å². The number of aromatic nitrogens is 4. The second kappa shape index (κ2) is 7.42. The lowest BCUT2D eigenvalue weighted by molar-refractivity contribution is 0.120. The highest BCUT2D eigenvalue weighted by molar-refractivity contribution is 9.10. The minimum absolute atomic E-state index is 0.181. The predicted octanol–water partition coefficient (Wildman–Crippen LogP) is 3.94. The zero-order valence-electron chi connectivity index (χ0n) is 14.2. The fourth-order valence-corrected chi connectivity index (χ4v) is 4.14. The van der Waals surface area contributed by atoms with E-state index in [4.69, 9.17) is 4.74 Å². The standard InChI is InChI=1S/C19H18BrN5O/c20-16-9-14(18-15(10-21)11-24-25(18)12-16)8-13-2-4-17(5-3-13)26-19-22-6-1-7-23-19/h1,6-7,9,11-13,17H,2-5,8H2. The fraction of sp³-hybridized carbons (Fsp3) is 0.368. The Balaban J connectivity index is 1.44. The van der Waals surface area contributed by atoms with E-state index >= 15 is 0 Å². The first-order chi connectivity index (χ1) is 12.7. The molecule has 3 aromatic rings. The highest BCUT2D eigenvalue weighted by Gasteiger charge is 2.24. The topological polar surface area (TPSA) is 76.1 Å². The Morgan fingerprint density at radius 2 is 2.00 bits per heavy atom. The normalized spacial score (nSPS) is 20.0. The van der Waals surface area contributed by atoms with Gasteiger partial charge in [0, 0.05) is 23.1 Å². The van der Waals surface area contributed by atoms with Gasteiger partial charge in [0.15, 0.2) is 0 Å². The Morgan fingerprint density at radius 1 is 1.23 bits per heavy atom. The molecule has 7 heteroatoms. The van der Waals surface area contributed by atoms with Crippen LogP contribution in [0.2, 0.25) is 0 Å². The van der Waals surface area contributed by atoms with E-state index in [0.717, 1.165) is 42.1 Å². The van der Waals surface area contributed by atoms with Crippen molar-refractivity contribution in [2.75, 3.05) is 0 Å². The molecule has 132 valence electrons. The highest BCUT2D eigenvalue weighted by atomic mass is 79.9. The van der Waals surface area contributed by atoms with Crippen LogP contribution in [-0.4, -0.2) is 25.7 Å². The molecule has 0 N–H and O–H groups in total. The smallest absolute Gasteiger partial charge is 0.316 e. The van der Waals surface area contributed by atoms with Crippen molar-refractivity contribution in [1.82, 2.24) is 19.6 Å². The lowest BCUT2D eigenvalue weighted by Crippen LogP contribution is -2.25. The van der Waals surface area contributed by atoms with Crippen LogP contribution in [0.3, 0.4) is 0 Å². The van der Waals surface area contributed by atoms with E-state index < -0.39 is 0 Å². The minimum atomic E-state index is 0.181. The third-order valence-corrected chi connectivity index (χ3v) is 5.33. The second-order valence-electron chi connectivity index (χ2n) is 6.64. The highest BCUT2D eigenvalue weighted by Crippen LogP contribution is 2.31. The molecule has 3 heterocycles. The molecule has 0 radical (unpaired) electrons. The van der Waals surface area contributed by atoms with Gasteiger partial charge >= 0.3 is 6.01 Å². The first kappa shape index (κ1) is 17.0. The van der Waals surface area contributed by atoms with Crippen LogP contribution in [0.25, 0.3) is 5.52 Å². The summed E-state index contributed by atoms with van der Waals surface area (Å²) in [4.78, 5) is 8.28. The van der Waals surface area contributed by atoms with E-state index in [0.29, 0.717) is 17.5 Å². The Hall–Kier alpha value is -2.46. The van der Waals surface area contributed by atoms with Gasteiger partial charge in [-0.05, 0) is 71.6 Å². The predicted molar refractivity (Wildman–Crippen MR) is 99.7 cm³/mol. The zero-order valence-corrected chi connectivity index (χ0v) is 15.8. The summed E-state index contributed by atoms with van der Waals surface area (Å²) in [6.07, 6.45) is 12.2. The Kier molecular flexibility index (Phi) is 4.85. The molecule has 1 aliphatic carbocycles. The molecule has 0 unspecified atom stereocenters. The molecule has 26 heavy (non-hydrogen) atoms. The molecular formula is C19H18BrN5O. The summed E-state index contributed by atoms with van der Waals surface area (Å²) in [5, 5.41) is 13.6. The number of halogens is 1. The molecule has 0 spiro atoms. The summed E-state index contributed by atoms with van der Waals surface area (Å²) < 4.78 is 8.65. The van der Waals surface area contributed by atoms with Gasteiger partial charge < -0.3 is 4.74 Å². The quantitative estimate of drug-likeness (QED) is 0.649. The molecule has 0 aliphatic heterocycles. The maximum Gasteiger partial charge on any atom is 0.316 e. The lowest BCUT2D eigenvalue weighted by Gasteiger charge is -2.28. The minimum Gasteiger partial charge on any atom is -0.460 e. The van der Waals surface area contributed by atoms with Gasteiger partial charge in [-0.1, -0.05) is 0 Å². The number of ether oxygens (including phenoxy) is 1. The van der Waals surface area contributed by atoms with Crippen molar-refractivity contribution in [3.8, 4) is 12.1 Å². The Bertz CT molecular complexity index is 942. The van der Waals surface area contributed by atoms with E-state index in [9.17, 15) is 5.26 Å². The molecule has 1 aliphatic rings. The van der Waals surface area contributed by atoms with E-state index in [1.54, 1.807) is 29.2 Å². The van der Waals surface area contributed by atoms with Crippen LogP contribution in [0.4, 0.5) is 0 Å². The van der Waals surface area contributed by atoms with Crippen LogP contribution < -0.4 is 4.74 Å². The van der Waals surface area contributed by atoms with Gasteiger partial charge in [-0.2, -0.15) is 10.4 Å². The lowest BCUT2D eigenvalue weighted by atomic mass is 9.83. The molecule has 0 aromatic carbocycles. The fourth-order valence-electron chi connectivity index (χ4n) is 3.67. The Morgan fingerprint density at radius 3 is 2.73 bits per heavy atom. The van der Waals surface area contributed by atoms with Gasteiger partial charge in [0.2, 0.25) is 0 Å². The first-order valence-corrected chi connectivity index (χ1v) is 9.52. The average Bonchev–Trinajstić information content (AvgIpc) is 3.07.